The van der Waals surface area contributed by atoms with Crippen LogP contribution in [0.5, 0.6) is 0 Å². The van der Waals surface area contributed by atoms with Gasteiger partial charge in [-0.25, -0.2) is 9.97 Å². The minimum atomic E-state index is -0.574. The fourth-order valence-electron chi connectivity index (χ4n) is 3.46. The molecule has 0 amide bonds. The lowest BCUT2D eigenvalue weighted by Crippen LogP contribution is -2.25. The standard InChI is InChI=1S/C23H28ClN5O3/c1-4-28(5-2)14-6-7-16(3)25-23-19-11-8-17(24)15-20(19)26-21(27-23)12-9-18-10-13-22(32-18)29(30)31/h8-13,15-16H,4-7,14H2,1-3H3,(H,25,26,27)/b12-9+/t16-/m1/s1. The van der Waals surface area contributed by atoms with Crippen LogP contribution in [0.4, 0.5) is 11.7 Å². The molecule has 1 N–H and O–H groups in total. The summed E-state index contributed by atoms with van der Waals surface area (Å²) >= 11 is 6.18. The number of nitro groups is 1. The molecule has 3 rings (SSSR count). The first kappa shape index (κ1) is 23.7. The van der Waals surface area contributed by atoms with E-state index in [4.69, 9.17) is 16.0 Å². The monoisotopic (exact) mass is 457 g/mol. The predicted octanol–water partition coefficient (Wildman–Crippen LogP) is 5.88. The van der Waals surface area contributed by atoms with Crippen molar-refractivity contribution >= 4 is 46.4 Å². The van der Waals surface area contributed by atoms with Crippen LogP contribution in [-0.4, -0.2) is 45.5 Å². The third-order valence-electron chi connectivity index (χ3n) is 5.25. The average Bonchev–Trinajstić information content (AvgIpc) is 3.24. The van der Waals surface area contributed by atoms with Crippen LogP contribution in [0.2, 0.25) is 5.02 Å². The molecule has 0 unspecified atom stereocenters. The van der Waals surface area contributed by atoms with Gasteiger partial charge in [0.2, 0.25) is 0 Å². The third-order valence-corrected chi connectivity index (χ3v) is 5.49. The summed E-state index contributed by atoms with van der Waals surface area (Å²) in [7, 11) is 0. The van der Waals surface area contributed by atoms with E-state index in [2.05, 4.69) is 41.0 Å². The van der Waals surface area contributed by atoms with Gasteiger partial charge in [0, 0.05) is 16.5 Å². The van der Waals surface area contributed by atoms with Gasteiger partial charge in [-0.3, -0.25) is 10.1 Å². The fraction of sp³-hybridized carbons (Fsp3) is 0.391. The van der Waals surface area contributed by atoms with Crippen molar-refractivity contribution in [2.75, 3.05) is 25.0 Å². The van der Waals surface area contributed by atoms with Gasteiger partial charge >= 0.3 is 5.88 Å². The summed E-state index contributed by atoms with van der Waals surface area (Å²) in [5.41, 5.74) is 0.718. The lowest BCUT2D eigenvalue weighted by atomic mass is 10.1. The zero-order chi connectivity index (χ0) is 23.1. The second kappa shape index (κ2) is 11.1. The molecule has 0 aliphatic carbocycles. The summed E-state index contributed by atoms with van der Waals surface area (Å²) in [4.78, 5) is 21.9. The molecule has 0 bridgehead atoms. The number of hydrogen-bond donors (Lipinski definition) is 1. The molecule has 9 heteroatoms. The minimum Gasteiger partial charge on any atom is -0.401 e. The van der Waals surface area contributed by atoms with Crippen LogP contribution in [0.15, 0.2) is 34.7 Å². The highest BCUT2D eigenvalue weighted by Crippen LogP contribution is 2.25. The molecule has 0 spiro atoms. The molecule has 2 aromatic heterocycles. The van der Waals surface area contributed by atoms with E-state index in [-0.39, 0.29) is 11.9 Å². The third kappa shape index (κ3) is 6.27. The highest BCUT2D eigenvalue weighted by atomic mass is 35.5. The Hall–Kier alpha value is -2.97. The van der Waals surface area contributed by atoms with Crippen LogP contribution in [-0.2, 0) is 0 Å². The molecule has 1 atom stereocenters. The second-order valence-electron chi connectivity index (χ2n) is 7.57. The van der Waals surface area contributed by atoms with Gasteiger partial charge in [0.25, 0.3) is 0 Å². The molecule has 0 aliphatic heterocycles. The summed E-state index contributed by atoms with van der Waals surface area (Å²) in [6, 6.07) is 8.59. The van der Waals surface area contributed by atoms with Gasteiger partial charge in [-0.2, -0.15) is 0 Å². The lowest BCUT2D eigenvalue weighted by molar-refractivity contribution is -0.402. The van der Waals surface area contributed by atoms with Crippen LogP contribution >= 0.6 is 11.6 Å². The molecular formula is C23H28ClN5O3. The zero-order valence-electron chi connectivity index (χ0n) is 18.5. The van der Waals surface area contributed by atoms with Crippen LogP contribution in [0.25, 0.3) is 23.1 Å². The molecule has 0 fully saturated rings. The molecule has 0 saturated heterocycles. The Morgan fingerprint density at radius 3 is 2.69 bits per heavy atom. The summed E-state index contributed by atoms with van der Waals surface area (Å²) in [5.74, 6) is 1.23. The van der Waals surface area contributed by atoms with Crippen molar-refractivity contribution in [3.05, 3.63) is 57.1 Å². The van der Waals surface area contributed by atoms with Gasteiger partial charge in [-0.1, -0.05) is 25.4 Å². The van der Waals surface area contributed by atoms with E-state index in [1.165, 1.54) is 12.1 Å². The van der Waals surface area contributed by atoms with E-state index < -0.39 is 4.92 Å². The van der Waals surface area contributed by atoms with Crippen molar-refractivity contribution in [2.24, 2.45) is 0 Å². The largest absolute Gasteiger partial charge is 0.433 e. The molecule has 1 aromatic carbocycles. The molecule has 0 aliphatic rings. The van der Waals surface area contributed by atoms with E-state index in [0.717, 1.165) is 49.2 Å². The normalized spacial score (nSPS) is 12.7. The summed E-state index contributed by atoms with van der Waals surface area (Å²) in [6.07, 6.45) is 5.38. The van der Waals surface area contributed by atoms with Gasteiger partial charge in [0.15, 0.2) is 5.82 Å². The van der Waals surface area contributed by atoms with Crippen molar-refractivity contribution in [1.29, 1.82) is 0 Å². The van der Waals surface area contributed by atoms with E-state index in [1.807, 2.05) is 12.1 Å². The van der Waals surface area contributed by atoms with Crippen molar-refractivity contribution in [2.45, 2.75) is 39.7 Å². The average molecular weight is 458 g/mol. The fourth-order valence-corrected chi connectivity index (χ4v) is 3.62. The molecular weight excluding hydrogens is 430 g/mol. The van der Waals surface area contributed by atoms with Crippen LogP contribution < -0.4 is 5.32 Å². The Kier molecular flexibility index (Phi) is 8.19. The Morgan fingerprint density at radius 2 is 2.00 bits per heavy atom. The van der Waals surface area contributed by atoms with E-state index in [1.54, 1.807) is 18.2 Å². The molecule has 170 valence electrons. The first-order chi connectivity index (χ1) is 15.4. The maximum absolute atomic E-state index is 10.8. The number of hydrogen-bond acceptors (Lipinski definition) is 7. The highest BCUT2D eigenvalue weighted by molar-refractivity contribution is 6.31. The minimum absolute atomic E-state index is 0.226. The number of nitrogens with one attached hydrogen (secondary N) is 1. The van der Waals surface area contributed by atoms with Gasteiger partial charge in [-0.15, -0.1) is 0 Å². The van der Waals surface area contributed by atoms with Crippen LogP contribution in [0.1, 0.15) is 45.2 Å². The molecule has 0 radical (unpaired) electrons. The predicted molar refractivity (Wildman–Crippen MR) is 129 cm³/mol. The quantitative estimate of drug-likeness (QED) is 0.283. The number of rotatable bonds is 11. The number of fused-ring (bicyclic) bond motifs is 1. The number of aromatic nitrogens is 2. The molecule has 8 nitrogen and oxygen atoms in total. The van der Waals surface area contributed by atoms with Gasteiger partial charge in [0.05, 0.1) is 11.6 Å². The second-order valence-corrected chi connectivity index (χ2v) is 8.01. The maximum Gasteiger partial charge on any atom is 0.433 e. The lowest BCUT2D eigenvalue weighted by Gasteiger charge is -2.20. The van der Waals surface area contributed by atoms with Gasteiger partial charge in [-0.05, 0) is 75.8 Å². The van der Waals surface area contributed by atoms with Crippen molar-refractivity contribution in [1.82, 2.24) is 14.9 Å². The first-order valence-corrected chi connectivity index (χ1v) is 11.2. The van der Waals surface area contributed by atoms with Crippen molar-refractivity contribution < 1.29 is 9.34 Å². The first-order valence-electron chi connectivity index (χ1n) is 10.8. The van der Waals surface area contributed by atoms with Gasteiger partial charge in [0.1, 0.15) is 16.5 Å². The van der Waals surface area contributed by atoms with Crippen LogP contribution in [0.3, 0.4) is 0 Å². The van der Waals surface area contributed by atoms with Crippen molar-refractivity contribution in [3.8, 4) is 0 Å². The number of nitrogens with zero attached hydrogens (tertiary/aromatic N) is 4. The zero-order valence-corrected chi connectivity index (χ0v) is 19.3. The maximum atomic E-state index is 10.8. The molecule has 2 heterocycles. The SMILES string of the molecule is CCN(CC)CCC[C@@H](C)Nc1nc(/C=C/c2ccc([N+](=O)[O-])o2)nc2cc(Cl)ccc12. The van der Waals surface area contributed by atoms with Crippen LogP contribution in [0, 0.1) is 10.1 Å². The Morgan fingerprint density at radius 1 is 1.22 bits per heavy atom. The van der Waals surface area contributed by atoms with E-state index in [9.17, 15) is 10.1 Å². The smallest absolute Gasteiger partial charge is 0.401 e. The number of furan rings is 1. The number of anilines is 1. The van der Waals surface area contributed by atoms with E-state index in [0.29, 0.717) is 16.6 Å². The summed E-state index contributed by atoms with van der Waals surface area (Å²) < 4.78 is 5.17. The molecule has 3 aromatic rings. The summed E-state index contributed by atoms with van der Waals surface area (Å²) in [6.45, 7) is 9.69. The van der Waals surface area contributed by atoms with Gasteiger partial charge < -0.3 is 14.6 Å². The highest BCUT2D eigenvalue weighted by Gasteiger charge is 2.12. The van der Waals surface area contributed by atoms with E-state index >= 15 is 0 Å². The number of halogens is 1. The van der Waals surface area contributed by atoms with Crippen molar-refractivity contribution in [3.63, 3.8) is 0 Å². The summed E-state index contributed by atoms with van der Waals surface area (Å²) in [5, 5.41) is 15.8. The Labute approximate surface area is 192 Å². The molecule has 0 saturated carbocycles. The topological polar surface area (TPSA) is 97.3 Å². The Bertz CT molecular complexity index is 1090. The molecule has 32 heavy (non-hydrogen) atoms. The Balaban J connectivity index is 1.80. The number of benzene rings is 1.